The third-order valence-electron chi connectivity index (χ3n) is 2.47. The van der Waals surface area contributed by atoms with E-state index in [0.29, 0.717) is 0 Å². The zero-order valence-corrected chi connectivity index (χ0v) is 10.6. The summed E-state index contributed by atoms with van der Waals surface area (Å²) in [5, 5.41) is 3.27. The number of nitrogens with one attached hydrogen (secondary N) is 1. The highest BCUT2D eigenvalue weighted by Crippen LogP contribution is 2.30. The molecule has 0 unspecified atom stereocenters. The van der Waals surface area contributed by atoms with Crippen LogP contribution in [-0.2, 0) is 5.54 Å². The van der Waals surface area contributed by atoms with Gasteiger partial charge in [0.2, 0.25) is 0 Å². The van der Waals surface area contributed by atoms with E-state index in [2.05, 4.69) is 41.2 Å². The summed E-state index contributed by atoms with van der Waals surface area (Å²) in [5.74, 6) is 0.868. The summed E-state index contributed by atoms with van der Waals surface area (Å²) in [6.07, 6.45) is 0. The predicted molar refractivity (Wildman–Crippen MR) is 62.8 cm³/mol. The Morgan fingerprint density at radius 1 is 1.36 bits per heavy atom. The van der Waals surface area contributed by atoms with Crippen LogP contribution >= 0.6 is 15.9 Å². The Bertz CT molecular complexity index is 323. The summed E-state index contributed by atoms with van der Waals surface area (Å²) >= 11 is 3.54. The third-order valence-corrected chi connectivity index (χ3v) is 3.13. The Kier molecular flexibility index (Phi) is 3.56. The molecule has 78 valence electrons. The lowest BCUT2D eigenvalue weighted by atomic mass is 9.94. The average molecular weight is 258 g/mol. The van der Waals surface area contributed by atoms with Crippen LogP contribution < -0.4 is 10.1 Å². The molecule has 2 nitrogen and oxygen atoms in total. The fraction of sp³-hybridized carbons (Fsp3) is 0.455. The van der Waals surface area contributed by atoms with Gasteiger partial charge in [-0.2, -0.15) is 0 Å². The molecule has 0 aliphatic rings. The van der Waals surface area contributed by atoms with E-state index in [-0.39, 0.29) is 5.54 Å². The van der Waals surface area contributed by atoms with Crippen molar-refractivity contribution >= 4 is 15.9 Å². The van der Waals surface area contributed by atoms with Crippen LogP contribution in [0.1, 0.15) is 19.4 Å². The molecule has 0 amide bonds. The van der Waals surface area contributed by atoms with Crippen molar-refractivity contribution in [3.63, 3.8) is 0 Å². The summed E-state index contributed by atoms with van der Waals surface area (Å²) in [6.45, 7) is 4.28. The molecular weight excluding hydrogens is 242 g/mol. The highest BCUT2D eigenvalue weighted by molar-refractivity contribution is 9.10. The van der Waals surface area contributed by atoms with Gasteiger partial charge in [0.1, 0.15) is 5.75 Å². The maximum Gasteiger partial charge on any atom is 0.120 e. The van der Waals surface area contributed by atoms with Gasteiger partial charge in [0.05, 0.1) is 7.11 Å². The first-order chi connectivity index (χ1) is 6.51. The molecule has 0 atom stereocenters. The summed E-state index contributed by atoms with van der Waals surface area (Å²) in [5.41, 5.74) is 1.19. The minimum atomic E-state index is -0.0366. The van der Waals surface area contributed by atoms with E-state index < -0.39 is 0 Å². The second kappa shape index (κ2) is 4.32. The summed E-state index contributed by atoms with van der Waals surface area (Å²) < 4.78 is 6.21. The van der Waals surface area contributed by atoms with Crippen molar-refractivity contribution in [2.75, 3.05) is 14.2 Å². The van der Waals surface area contributed by atoms with Crippen molar-refractivity contribution in [1.82, 2.24) is 5.32 Å². The van der Waals surface area contributed by atoms with E-state index in [1.165, 1.54) is 5.56 Å². The van der Waals surface area contributed by atoms with Crippen molar-refractivity contribution in [3.05, 3.63) is 28.2 Å². The Hall–Kier alpha value is -0.540. The molecule has 0 bridgehead atoms. The first kappa shape index (κ1) is 11.5. The van der Waals surface area contributed by atoms with Crippen molar-refractivity contribution < 1.29 is 4.74 Å². The van der Waals surface area contributed by atoms with E-state index >= 15 is 0 Å². The fourth-order valence-corrected chi connectivity index (χ4v) is 2.12. The molecule has 1 N–H and O–H groups in total. The zero-order chi connectivity index (χ0) is 10.8. The smallest absolute Gasteiger partial charge is 0.120 e. The van der Waals surface area contributed by atoms with Crippen LogP contribution in [0.4, 0.5) is 0 Å². The Morgan fingerprint density at radius 3 is 2.43 bits per heavy atom. The molecule has 1 rings (SSSR count). The number of hydrogen-bond donors (Lipinski definition) is 1. The van der Waals surface area contributed by atoms with Gasteiger partial charge in [-0.15, -0.1) is 0 Å². The molecule has 0 spiro atoms. The molecule has 0 radical (unpaired) electrons. The van der Waals surface area contributed by atoms with Gasteiger partial charge in [0, 0.05) is 10.0 Å². The van der Waals surface area contributed by atoms with Crippen LogP contribution in [0, 0.1) is 0 Å². The lowest BCUT2D eigenvalue weighted by Gasteiger charge is -2.26. The van der Waals surface area contributed by atoms with Crippen LogP contribution in [0.5, 0.6) is 5.75 Å². The predicted octanol–water partition coefficient (Wildman–Crippen LogP) is 2.91. The number of halogens is 1. The Balaban J connectivity index is 3.12. The van der Waals surface area contributed by atoms with E-state index in [1.54, 1.807) is 7.11 Å². The maximum atomic E-state index is 5.15. The summed E-state index contributed by atoms with van der Waals surface area (Å²) in [6, 6.07) is 6.02. The van der Waals surface area contributed by atoms with Gasteiger partial charge in [0.15, 0.2) is 0 Å². The molecule has 0 aliphatic heterocycles. The normalized spacial score (nSPS) is 11.5. The molecule has 1 aromatic carbocycles. The molecule has 0 saturated carbocycles. The van der Waals surface area contributed by atoms with Gasteiger partial charge in [0.25, 0.3) is 0 Å². The Morgan fingerprint density at radius 2 is 2.00 bits per heavy atom. The van der Waals surface area contributed by atoms with E-state index in [0.717, 1.165) is 10.2 Å². The van der Waals surface area contributed by atoms with Crippen LogP contribution in [0.3, 0.4) is 0 Å². The number of rotatable bonds is 3. The largest absolute Gasteiger partial charge is 0.497 e. The van der Waals surface area contributed by atoms with Gasteiger partial charge in [-0.3, -0.25) is 0 Å². The standard InChI is InChI=1S/C11H16BrNO/c1-11(2,13-3)9-6-5-8(14-4)7-10(9)12/h5-7,13H,1-4H3. The van der Waals surface area contributed by atoms with Gasteiger partial charge in [-0.25, -0.2) is 0 Å². The number of methoxy groups -OCH3 is 1. The van der Waals surface area contributed by atoms with Crippen molar-refractivity contribution in [1.29, 1.82) is 0 Å². The van der Waals surface area contributed by atoms with Crippen LogP contribution in [0.15, 0.2) is 22.7 Å². The molecule has 14 heavy (non-hydrogen) atoms. The monoisotopic (exact) mass is 257 g/mol. The minimum Gasteiger partial charge on any atom is -0.497 e. The van der Waals surface area contributed by atoms with Crippen LogP contribution in [-0.4, -0.2) is 14.2 Å². The quantitative estimate of drug-likeness (QED) is 0.900. The maximum absolute atomic E-state index is 5.15. The van der Waals surface area contributed by atoms with E-state index in [1.807, 2.05) is 19.2 Å². The first-order valence-electron chi connectivity index (χ1n) is 4.54. The van der Waals surface area contributed by atoms with E-state index in [4.69, 9.17) is 4.74 Å². The summed E-state index contributed by atoms with van der Waals surface area (Å²) in [4.78, 5) is 0. The van der Waals surface area contributed by atoms with Crippen molar-refractivity contribution in [2.24, 2.45) is 0 Å². The molecule has 3 heteroatoms. The van der Waals surface area contributed by atoms with E-state index in [9.17, 15) is 0 Å². The number of ether oxygens (including phenoxy) is 1. The van der Waals surface area contributed by atoms with Gasteiger partial charge < -0.3 is 10.1 Å². The average Bonchev–Trinajstić information content (AvgIpc) is 2.17. The highest BCUT2D eigenvalue weighted by Gasteiger charge is 2.20. The molecular formula is C11H16BrNO. The van der Waals surface area contributed by atoms with Crippen molar-refractivity contribution in [3.8, 4) is 5.75 Å². The zero-order valence-electron chi connectivity index (χ0n) is 9.02. The molecule has 0 aliphatic carbocycles. The second-order valence-corrected chi connectivity index (χ2v) is 4.58. The highest BCUT2D eigenvalue weighted by atomic mass is 79.9. The molecule has 0 heterocycles. The second-order valence-electron chi connectivity index (χ2n) is 3.72. The number of hydrogen-bond acceptors (Lipinski definition) is 2. The minimum absolute atomic E-state index is 0.0366. The summed E-state index contributed by atoms with van der Waals surface area (Å²) in [7, 11) is 3.63. The molecule has 0 fully saturated rings. The van der Waals surface area contributed by atoms with Gasteiger partial charge in [-0.1, -0.05) is 22.0 Å². The van der Waals surface area contributed by atoms with Crippen LogP contribution in [0.2, 0.25) is 0 Å². The molecule has 0 aromatic heterocycles. The van der Waals surface area contributed by atoms with Crippen molar-refractivity contribution in [2.45, 2.75) is 19.4 Å². The van der Waals surface area contributed by atoms with Crippen LogP contribution in [0.25, 0.3) is 0 Å². The number of benzene rings is 1. The topological polar surface area (TPSA) is 21.3 Å². The molecule has 0 saturated heterocycles. The molecule has 1 aromatic rings. The van der Waals surface area contributed by atoms with Gasteiger partial charge in [-0.05, 0) is 38.6 Å². The third kappa shape index (κ3) is 2.28. The lowest BCUT2D eigenvalue weighted by molar-refractivity contribution is 0.411. The fourth-order valence-electron chi connectivity index (χ4n) is 1.26. The lowest BCUT2D eigenvalue weighted by Crippen LogP contribution is -2.33. The SMILES string of the molecule is CNC(C)(C)c1ccc(OC)cc1Br. The Labute approximate surface area is 93.8 Å². The van der Waals surface area contributed by atoms with Gasteiger partial charge >= 0.3 is 0 Å². The first-order valence-corrected chi connectivity index (χ1v) is 5.33.